The minimum Gasteiger partial charge on any atom is -0.317 e. The van der Waals surface area contributed by atoms with E-state index in [2.05, 4.69) is 29.8 Å². The first-order chi connectivity index (χ1) is 7.43. The van der Waals surface area contributed by atoms with Crippen molar-refractivity contribution in [3.8, 4) is 0 Å². The molecular weight excluding hydrogens is 202 g/mol. The van der Waals surface area contributed by atoms with Gasteiger partial charge in [0.25, 0.3) is 0 Å². The lowest BCUT2D eigenvalue weighted by Crippen LogP contribution is -2.16. The summed E-state index contributed by atoms with van der Waals surface area (Å²) in [4.78, 5) is 1.54. The SMILES string of the molecule is CCCCNCCCCCc1cccs1. The molecule has 86 valence electrons. The van der Waals surface area contributed by atoms with Crippen molar-refractivity contribution in [2.75, 3.05) is 13.1 Å². The lowest BCUT2D eigenvalue weighted by atomic mass is 10.2. The zero-order valence-corrected chi connectivity index (χ0v) is 10.6. The molecule has 0 bridgehead atoms. The standard InChI is InChI=1S/C13H23NS/c1-2-3-10-14-11-6-4-5-8-13-9-7-12-15-13/h7,9,12,14H,2-6,8,10-11H2,1H3. The quantitative estimate of drug-likeness (QED) is 0.629. The van der Waals surface area contributed by atoms with E-state index < -0.39 is 0 Å². The van der Waals surface area contributed by atoms with E-state index in [1.165, 1.54) is 56.5 Å². The van der Waals surface area contributed by atoms with Crippen molar-refractivity contribution < 1.29 is 0 Å². The summed E-state index contributed by atoms with van der Waals surface area (Å²) in [6.45, 7) is 4.63. The van der Waals surface area contributed by atoms with Crippen LogP contribution >= 0.6 is 11.3 Å². The van der Waals surface area contributed by atoms with Gasteiger partial charge in [0.05, 0.1) is 0 Å². The van der Waals surface area contributed by atoms with E-state index in [0.717, 1.165) is 0 Å². The van der Waals surface area contributed by atoms with Crippen molar-refractivity contribution in [1.29, 1.82) is 0 Å². The van der Waals surface area contributed by atoms with Crippen molar-refractivity contribution in [2.24, 2.45) is 0 Å². The number of aryl methyl sites for hydroxylation is 1. The van der Waals surface area contributed by atoms with E-state index in [9.17, 15) is 0 Å². The first kappa shape index (κ1) is 12.7. The minimum absolute atomic E-state index is 1.20. The lowest BCUT2D eigenvalue weighted by Gasteiger charge is -2.03. The summed E-state index contributed by atoms with van der Waals surface area (Å²) < 4.78 is 0. The molecule has 0 atom stereocenters. The van der Waals surface area contributed by atoms with Gasteiger partial charge in [-0.25, -0.2) is 0 Å². The highest BCUT2D eigenvalue weighted by Gasteiger charge is 1.94. The second-order valence-electron chi connectivity index (χ2n) is 3.99. The average molecular weight is 225 g/mol. The first-order valence-electron chi connectivity index (χ1n) is 6.16. The van der Waals surface area contributed by atoms with E-state index in [0.29, 0.717) is 0 Å². The summed E-state index contributed by atoms with van der Waals surface area (Å²) in [6, 6.07) is 4.39. The summed E-state index contributed by atoms with van der Waals surface area (Å²) >= 11 is 1.88. The van der Waals surface area contributed by atoms with E-state index >= 15 is 0 Å². The number of rotatable bonds is 9. The smallest absolute Gasteiger partial charge is 0.00452 e. The van der Waals surface area contributed by atoms with E-state index in [4.69, 9.17) is 0 Å². The molecule has 1 aromatic rings. The molecule has 0 saturated heterocycles. The first-order valence-corrected chi connectivity index (χ1v) is 7.04. The van der Waals surface area contributed by atoms with Crippen LogP contribution < -0.4 is 5.32 Å². The van der Waals surface area contributed by atoms with Crippen LogP contribution in [0.2, 0.25) is 0 Å². The highest BCUT2D eigenvalue weighted by atomic mass is 32.1. The van der Waals surface area contributed by atoms with Crippen molar-refractivity contribution in [3.05, 3.63) is 22.4 Å². The third kappa shape index (κ3) is 6.69. The molecule has 0 fully saturated rings. The number of hydrogen-bond donors (Lipinski definition) is 1. The normalized spacial score (nSPS) is 10.7. The van der Waals surface area contributed by atoms with Gasteiger partial charge in [0.2, 0.25) is 0 Å². The Labute approximate surface area is 97.9 Å². The van der Waals surface area contributed by atoms with Crippen LogP contribution in [0.25, 0.3) is 0 Å². The van der Waals surface area contributed by atoms with Crippen molar-refractivity contribution in [3.63, 3.8) is 0 Å². The fourth-order valence-corrected chi connectivity index (χ4v) is 2.36. The topological polar surface area (TPSA) is 12.0 Å². The maximum atomic E-state index is 3.48. The van der Waals surface area contributed by atoms with Crippen LogP contribution in [-0.4, -0.2) is 13.1 Å². The summed E-state index contributed by atoms with van der Waals surface area (Å²) in [7, 11) is 0. The molecule has 1 aromatic heterocycles. The Morgan fingerprint density at radius 1 is 1.13 bits per heavy atom. The summed E-state index contributed by atoms with van der Waals surface area (Å²) in [6.07, 6.45) is 7.91. The molecular formula is C13H23NS. The lowest BCUT2D eigenvalue weighted by molar-refractivity contribution is 0.586. The van der Waals surface area contributed by atoms with Crippen LogP contribution in [0.5, 0.6) is 0 Å². The number of thiophene rings is 1. The highest BCUT2D eigenvalue weighted by Crippen LogP contribution is 2.12. The molecule has 0 amide bonds. The molecule has 1 heterocycles. The molecule has 0 aliphatic heterocycles. The Kier molecular flexibility index (Phi) is 7.58. The van der Waals surface area contributed by atoms with Gasteiger partial charge in [-0.3, -0.25) is 0 Å². The predicted octanol–water partition coefficient (Wildman–Crippen LogP) is 3.85. The van der Waals surface area contributed by atoms with Crippen molar-refractivity contribution in [1.82, 2.24) is 5.32 Å². The largest absolute Gasteiger partial charge is 0.317 e. The Hall–Kier alpha value is -0.340. The number of nitrogens with one attached hydrogen (secondary N) is 1. The summed E-state index contributed by atoms with van der Waals surface area (Å²) in [5, 5.41) is 5.65. The molecule has 0 spiro atoms. The van der Waals surface area contributed by atoms with Gasteiger partial charge in [-0.15, -0.1) is 11.3 Å². The minimum atomic E-state index is 1.20. The zero-order chi connectivity index (χ0) is 10.8. The van der Waals surface area contributed by atoms with Crippen LogP contribution in [0.15, 0.2) is 17.5 Å². The van der Waals surface area contributed by atoms with Gasteiger partial charge in [-0.1, -0.05) is 25.8 Å². The van der Waals surface area contributed by atoms with Crippen molar-refractivity contribution in [2.45, 2.75) is 45.4 Å². The highest BCUT2D eigenvalue weighted by molar-refractivity contribution is 7.09. The third-order valence-corrected chi connectivity index (χ3v) is 3.50. The molecule has 0 saturated carbocycles. The second kappa shape index (κ2) is 8.93. The number of hydrogen-bond acceptors (Lipinski definition) is 2. The summed E-state index contributed by atoms with van der Waals surface area (Å²) in [5.74, 6) is 0. The molecule has 1 rings (SSSR count). The fourth-order valence-electron chi connectivity index (χ4n) is 1.61. The van der Waals surface area contributed by atoms with Crippen molar-refractivity contribution >= 4 is 11.3 Å². The summed E-state index contributed by atoms with van der Waals surface area (Å²) in [5.41, 5.74) is 0. The number of unbranched alkanes of at least 4 members (excludes halogenated alkanes) is 3. The Morgan fingerprint density at radius 3 is 2.73 bits per heavy atom. The second-order valence-corrected chi connectivity index (χ2v) is 5.03. The van der Waals surface area contributed by atoms with Gasteiger partial charge in [-0.05, 0) is 50.2 Å². The van der Waals surface area contributed by atoms with Crippen LogP contribution in [0.1, 0.15) is 43.9 Å². The van der Waals surface area contributed by atoms with E-state index in [1.54, 1.807) is 0 Å². The maximum absolute atomic E-state index is 3.48. The monoisotopic (exact) mass is 225 g/mol. The van der Waals surface area contributed by atoms with E-state index in [1.807, 2.05) is 11.3 Å². The van der Waals surface area contributed by atoms with Gasteiger partial charge < -0.3 is 5.32 Å². The van der Waals surface area contributed by atoms with Gasteiger partial charge in [0, 0.05) is 4.88 Å². The maximum Gasteiger partial charge on any atom is 0.00452 e. The van der Waals surface area contributed by atoms with Gasteiger partial charge in [-0.2, -0.15) is 0 Å². The predicted molar refractivity (Wildman–Crippen MR) is 69.7 cm³/mol. The molecule has 1 N–H and O–H groups in total. The van der Waals surface area contributed by atoms with Crippen LogP contribution in [0, 0.1) is 0 Å². The average Bonchev–Trinajstić information content (AvgIpc) is 2.75. The molecule has 15 heavy (non-hydrogen) atoms. The Morgan fingerprint density at radius 2 is 2.00 bits per heavy atom. The van der Waals surface area contributed by atoms with Gasteiger partial charge in [0.1, 0.15) is 0 Å². The zero-order valence-electron chi connectivity index (χ0n) is 9.80. The molecule has 0 aliphatic carbocycles. The molecule has 0 aromatic carbocycles. The fraction of sp³-hybridized carbons (Fsp3) is 0.692. The Balaban J connectivity index is 1.81. The van der Waals surface area contributed by atoms with Gasteiger partial charge in [0.15, 0.2) is 0 Å². The van der Waals surface area contributed by atoms with Gasteiger partial charge >= 0.3 is 0 Å². The molecule has 2 heteroatoms. The molecule has 0 aliphatic rings. The van der Waals surface area contributed by atoms with E-state index in [-0.39, 0.29) is 0 Å². The molecule has 0 radical (unpaired) electrons. The van der Waals surface area contributed by atoms with Crippen LogP contribution in [0.4, 0.5) is 0 Å². The Bertz CT molecular complexity index is 218. The molecule has 0 unspecified atom stereocenters. The molecule has 1 nitrogen and oxygen atoms in total. The third-order valence-electron chi connectivity index (χ3n) is 2.56. The van der Waals surface area contributed by atoms with Crippen LogP contribution in [-0.2, 0) is 6.42 Å². The van der Waals surface area contributed by atoms with Crippen LogP contribution in [0.3, 0.4) is 0 Å².